The van der Waals surface area contributed by atoms with Crippen LogP contribution in [-0.4, -0.2) is 27.9 Å². The number of nitrogens with one attached hydrogen (secondary N) is 1. The average molecular weight is 186 g/mol. The van der Waals surface area contributed by atoms with Gasteiger partial charge in [0.15, 0.2) is 5.17 Å². The molecule has 0 unspecified atom stereocenters. The van der Waals surface area contributed by atoms with E-state index in [0.717, 1.165) is 11.7 Å². The van der Waals surface area contributed by atoms with Crippen molar-refractivity contribution in [3.05, 3.63) is 0 Å². The molecule has 0 saturated carbocycles. The van der Waals surface area contributed by atoms with E-state index in [-0.39, 0.29) is 0 Å². The van der Waals surface area contributed by atoms with Gasteiger partial charge < -0.3 is 4.90 Å². The lowest BCUT2D eigenvalue weighted by Gasteiger charge is -2.23. The smallest absolute Gasteiger partial charge is 0.156 e. The van der Waals surface area contributed by atoms with E-state index in [1.807, 2.05) is 0 Å². The molecule has 2 atom stereocenters. The van der Waals surface area contributed by atoms with Crippen molar-refractivity contribution < 1.29 is 0 Å². The van der Waals surface area contributed by atoms with Crippen LogP contribution < -0.4 is 0 Å². The Morgan fingerprint density at radius 2 is 2.17 bits per heavy atom. The molecule has 2 nitrogen and oxygen atoms in total. The number of hydrogen-bond acceptors (Lipinski definition) is 2. The largest absolute Gasteiger partial charge is 0.348 e. The molecule has 3 heteroatoms. The topological polar surface area (TPSA) is 27.1 Å². The Labute approximate surface area is 79.2 Å². The molecule has 0 aliphatic carbocycles. The zero-order valence-electron chi connectivity index (χ0n) is 8.13. The highest BCUT2D eigenvalue weighted by molar-refractivity contribution is 8.14. The minimum absolute atomic E-state index is 0.550. The van der Waals surface area contributed by atoms with Gasteiger partial charge in [0.2, 0.25) is 0 Å². The van der Waals surface area contributed by atoms with Crippen molar-refractivity contribution in [3.63, 3.8) is 0 Å². The van der Waals surface area contributed by atoms with Gasteiger partial charge in [0, 0.05) is 17.8 Å². The van der Waals surface area contributed by atoms with Gasteiger partial charge in [-0.15, -0.1) is 0 Å². The predicted octanol–water partition coefficient (Wildman–Crippen LogP) is 2.55. The van der Waals surface area contributed by atoms with E-state index < -0.39 is 0 Å². The normalized spacial score (nSPS) is 29.9. The molecule has 0 spiro atoms. The summed E-state index contributed by atoms with van der Waals surface area (Å²) in [7, 11) is 0. The fraction of sp³-hybridized carbons (Fsp3) is 0.889. The number of thioether (sulfide) groups is 1. The van der Waals surface area contributed by atoms with E-state index in [1.165, 1.54) is 12.8 Å². The molecule has 0 amide bonds. The van der Waals surface area contributed by atoms with Crippen LogP contribution in [-0.2, 0) is 0 Å². The van der Waals surface area contributed by atoms with Crippen LogP contribution in [0.25, 0.3) is 0 Å². The molecule has 1 saturated heterocycles. The van der Waals surface area contributed by atoms with Crippen LogP contribution in [0.2, 0.25) is 0 Å². The highest BCUT2D eigenvalue weighted by Gasteiger charge is 2.31. The van der Waals surface area contributed by atoms with Gasteiger partial charge in [0.25, 0.3) is 0 Å². The molecule has 1 fully saturated rings. The van der Waals surface area contributed by atoms with Crippen molar-refractivity contribution in [2.24, 2.45) is 0 Å². The van der Waals surface area contributed by atoms with E-state index in [1.54, 1.807) is 11.8 Å². The van der Waals surface area contributed by atoms with Crippen molar-refractivity contribution in [2.45, 2.75) is 44.9 Å². The summed E-state index contributed by atoms with van der Waals surface area (Å²) in [5.41, 5.74) is 0. The minimum Gasteiger partial charge on any atom is -0.348 e. The molecular weight excluding hydrogens is 168 g/mol. The lowest BCUT2D eigenvalue weighted by atomic mass is 10.2. The third kappa shape index (κ3) is 1.94. The highest BCUT2D eigenvalue weighted by atomic mass is 32.2. The van der Waals surface area contributed by atoms with E-state index in [0.29, 0.717) is 11.3 Å². The van der Waals surface area contributed by atoms with Gasteiger partial charge in [-0.1, -0.05) is 32.0 Å². The Hall–Kier alpha value is -0.180. The molecule has 70 valence electrons. The molecule has 0 aromatic carbocycles. The summed E-state index contributed by atoms with van der Waals surface area (Å²) in [6.45, 7) is 7.68. The van der Waals surface area contributed by atoms with Gasteiger partial charge in [0.1, 0.15) is 0 Å². The molecular formula is C9H18N2S. The molecule has 0 aromatic heterocycles. The van der Waals surface area contributed by atoms with Gasteiger partial charge in [0.05, 0.1) is 0 Å². The first-order valence-corrected chi connectivity index (χ1v) is 5.56. The summed E-state index contributed by atoms with van der Waals surface area (Å²) >= 11 is 1.70. The van der Waals surface area contributed by atoms with Crippen LogP contribution in [0.3, 0.4) is 0 Å². The third-order valence-corrected chi connectivity index (χ3v) is 3.71. The summed E-state index contributed by atoms with van der Waals surface area (Å²) in [5.74, 6) is 0. The maximum Gasteiger partial charge on any atom is 0.156 e. The van der Waals surface area contributed by atoms with E-state index >= 15 is 0 Å². The summed E-state index contributed by atoms with van der Waals surface area (Å²) in [5, 5.41) is 9.09. The molecule has 1 N–H and O–H groups in total. The SMILES string of the molecule is CCCCN1C(=N)S[C@H](C)[C@H]1C. The van der Waals surface area contributed by atoms with Crippen molar-refractivity contribution >= 4 is 16.9 Å². The van der Waals surface area contributed by atoms with Crippen LogP contribution in [0.1, 0.15) is 33.6 Å². The average Bonchev–Trinajstić information content (AvgIpc) is 2.25. The first-order valence-electron chi connectivity index (χ1n) is 4.68. The van der Waals surface area contributed by atoms with Gasteiger partial charge >= 0.3 is 0 Å². The van der Waals surface area contributed by atoms with Crippen LogP contribution in [0, 0.1) is 5.41 Å². The Kier molecular flexibility index (Phi) is 3.44. The van der Waals surface area contributed by atoms with Crippen LogP contribution >= 0.6 is 11.8 Å². The molecule has 0 aromatic rings. The summed E-state index contributed by atoms with van der Waals surface area (Å²) in [4.78, 5) is 2.22. The van der Waals surface area contributed by atoms with E-state index in [9.17, 15) is 0 Å². The third-order valence-electron chi connectivity index (χ3n) is 2.48. The molecule has 1 aliphatic rings. The van der Waals surface area contributed by atoms with Crippen molar-refractivity contribution in [1.82, 2.24) is 4.90 Å². The zero-order valence-corrected chi connectivity index (χ0v) is 8.95. The maximum absolute atomic E-state index is 7.73. The Balaban J connectivity index is 2.46. The summed E-state index contributed by atoms with van der Waals surface area (Å²) in [6.07, 6.45) is 2.43. The molecule has 1 heterocycles. The van der Waals surface area contributed by atoms with Gasteiger partial charge in [-0.2, -0.15) is 0 Å². The lowest BCUT2D eigenvalue weighted by Crippen LogP contribution is -2.34. The van der Waals surface area contributed by atoms with E-state index in [2.05, 4.69) is 25.7 Å². The summed E-state index contributed by atoms with van der Waals surface area (Å²) < 4.78 is 0. The quantitative estimate of drug-likeness (QED) is 0.733. The van der Waals surface area contributed by atoms with Crippen LogP contribution in [0.4, 0.5) is 0 Å². The molecule has 1 rings (SSSR count). The standard InChI is InChI=1S/C9H18N2S/c1-4-5-6-11-7(2)8(3)12-9(11)10/h7-8,10H,4-6H2,1-3H3/t7-,8-/m1/s1. The highest BCUT2D eigenvalue weighted by Crippen LogP contribution is 2.30. The maximum atomic E-state index is 7.73. The van der Waals surface area contributed by atoms with Crippen molar-refractivity contribution in [2.75, 3.05) is 6.54 Å². The van der Waals surface area contributed by atoms with Gasteiger partial charge in [-0.25, -0.2) is 0 Å². The molecule has 1 aliphatic heterocycles. The fourth-order valence-electron chi connectivity index (χ4n) is 1.41. The monoisotopic (exact) mass is 186 g/mol. The number of nitrogens with zero attached hydrogens (tertiary/aromatic N) is 1. The second-order valence-electron chi connectivity index (χ2n) is 3.42. The number of unbranched alkanes of at least 4 members (excludes halogenated alkanes) is 1. The molecule has 0 bridgehead atoms. The second kappa shape index (κ2) is 4.17. The first-order chi connectivity index (χ1) is 5.66. The van der Waals surface area contributed by atoms with Crippen molar-refractivity contribution in [1.29, 1.82) is 5.41 Å². The number of hydrogen-bond donors (Lipinski definition) is 1. The lowest BCUT2D eigenvalue weighted by molar-refractivity contribution is 0.338. The Bertz CT molecular complexity index is 170. The second-order valence-corrected chi connectivity index (χ2v) is 4.78. The Morgan fingerprint density at radius 1 is 1.50 bits per heavy atom. The first kappa shape index (κ1) is 9.90. The zero-order chi connectivity index (χ0) is 9.14. The summed E-state index contributed by atoms with van der Waals surface area (Å²) in [6, 6.07) is 0.550. The van der Waals surface area contributed by atoms with Gasteiger partial charge in [-0.05, 0) is 13.3 Å². The van der Waals surface area contributed by atoms with Crippen LogP contribution in [0.5, 0.6) is 0 Å². The predicted molar refractivity (Wildman–Crippen MR) is 55.9 cm³/mol. The van der Waals surface area contributed by atoms with E-state index in [4.69, 9.17) is 5.41 Å². The van der Waals surface area contributed by atoms with Crippen LogP contribution in [0.15, 0.2) is 0 Å². The minimum atomic E-state index is 0.550. The molecule has 0 radical (unpaired) electrons. The van der Waals surface area contributed by atoms with Crippen molar-refractivity contribution in [3.8, 4) is 0 Å². The Morgan fingerprint density at radius 3 is 2.58 bits per heavy atom. The molecule has 12 heavy (non-hydrogen) atoms. The van der Waals surface area contributed by atoms with Gasteiger partial charge in [-0.3, -0.25) is 5.41 Å². The fourth-order valence-corrected chi connectivity index (χ4v) is 2.50. The number of amidine groups is 1. The number of rotatable bonds is 3.